The first kappa shape index (κ1) is 13.4. The quantitative estimate of drug-likeness (QED) is 0.582. The summed E-state index contributed by atoms with van der Waals surface area (Å²) in [5.41, 5.74) is 0. The van der Waals surface area contributed by atoms with Crippen LogP contribution in [0.25, 0.3) is 0 Å². The molecule has 1 heterocycles. The third-order valence-corrected chi connectivity index (χ3v) is 2.69. The van der Waals surface area contributed by atoms with Gasteiger partial charge in [0, 0.05) is 6.54 Å². The summed E-state index contributed by atoms with van der Waals surface area (Å²) >= 11 is 0. The van der Waals surface area contributed by atoms with Crippen molar-refractivity contribution in [1.82, 2.24) is 10.2 Å². The molecule has 1 unspecified atom stereocenters. The number of imide groups is 2. The van der Waals surface area contributed by atoms with E-state index in [-0.39, 0.29) is 5.91 Å². The van der Waals surface area contributed by atoms with Gasteiger partial charge in [-0.2, -0.15) is 0 Å². The van der Waals surface area contributed by atoms with Gasteiger partial charge in [0.2, 0.25) is 11.8 Å². The van der Waals surface area contributed by atoms with Crippen LogP contribution in [0.5, 0.6) is 0 Å². The molecule has 94 valence electrons. The zero-order chi connectivity index (χ0) is 12.8. The van der Waals surface area contributed by atoms with Crippen LogP contribution in [0.3, 0.4) is 0 Å². The van der Waals surface area contributed by atoms with Crippen LogP contribution in [0.15, 0.2) is 12.2 Å². The first-order valence-electron chi connectivity index (χ1n) is 5.89. The Kier molecular flexibility index (Phi) is 4.87. The number of carbonyl (C=O) groups is 3. The number of carbonyl (C=O) groups excluding carboxylic acids is 3. The highest BCUT2D eigenvalue weighted by atomic mass is 16.2. The standard InChI is InChI=1S/C12H18N2O3/c1-3-5-6-8-14-11(16)9(7-4-2)10(15)13-12(14)17/h3,5,9H,4,6-8H2,1-2H3,(H,13,15,17)/b5-3+. The lowest BCUT2D eigenvalue weighted by Gasteiger charge is -2.29. The van der Waals surface area contributed by atoms with Crippen molar-refractivity contribution in [3.8, 4) is 0 Å². The van der Waals surface area contributed by atoms with Gasteiger partial charge < -0.3 is 0 Å². The van der Waals surface area contributed by atoms with E-state index in [1.807, 2.05) is 26.0 Å². The lowest BCUT2D eigenvalue weighted by molar-refractivity contribution is -0.142. The Morgan fingerprint density at radius 1 is 1.35 bits per heavy atom. The molecule has 1 saturated heterocycles. The number of urea groups is 1. The summed E-state index contributed by atoms with van der Waals surface area (Å²) in [7, 11) is 0. The van der Waals surface area contributed by atoms with Crippen molar-refractivity contribution in [3.05, 3.63) is 12.2 Å². The van der Waals surface area contributed by atoms with Gasteiger partial charge in [-0.15, -0.1) is 0 Å². The van der Waals surface area contributed by atoms with Gasteiger partial charge in [0.1, 0.15) is 5.92 Å². The van der Waals surface area contributed by atoms with E-state index in [1.54, 1.807) is 0 Å². The van der Waals surface area contributed by atoms with Crippen LogP contribution < -0.4 is 5.32 Å². The molecule has 0 aromatic rings. The number of nitrogens with one attached hydrogen (secondary N) is 1. The van der Waals surface area contributed by atoms with Crippen LogP contribution in [-0.4, -0.2) is 29.3 Å². The summed E-state index contributed by atoms with van der Waals surface area (Å²) in [6.07, 6.45) is 5.58. The molecule has 0 spiro atoms. The van der Waals surface area contributed by atoms with Crippen LogP contribution in [0.4, 0.5) is 4.79 Å². The van der Waals surface area contributed by atoms with Gasteiger partial charge in [0.15, 0.2) is 0 Å². The number of rotatable bonds is 5. The molecule has 1 N–H and O–H groups in total. The van der Waals surface area contributed by atoms with E-state index >= 15 is 0 Å². The lowest BCUT2D eigenvalue weighted by Crippen LogP contribution is -2.57. The molecule has 0 radical (unpaired) electrons. The van der Waals surface area contributed by atoms with E-state index in [4.69, 9.17) is 0 Å². The van der Waals surface area contributed by atoms with E-state index in [9.17, 15) is 14.4 Å². The second-order valence-electron chi connectivity index (χ2n) is 3.98. The zero-order valence-corrected chi connectivity index (χ0v) is 10.2. The fourth-order valence-corrected chi connectivity index (χ4v) is 1.79. The number of nitrogens with zero attached hydrogens (tertiary/aromatic N) is 1. The van der Waals surface area contributed by atoms with Gasteiger partial charge in [0.25, 0.3) is 0 Å². The molecule has 0 aromatic heterocycles. The maximum absolute atomic E-state index is 12.0. The van der Waals surface area contributed by atoms with Crippen molar-refractivity contribution >= 4 is 17.8 Å². The average Bonchev–Trinajstić information content (AvgIpc) is 2.29. The average molecular weight is 238 g/mol. The second-order valence-corrected chi connectivity index (χ2v) is 3.98. The Bertz CT molecular complexity index is 350. The summed E-state index contributed by atoms with van der Waals surface area (Å²) in [4.78, 5) is 36.1. The fourth-order valence-electron chi connectivity index (χ4n) is 1.79. The summed E-state index contributed by atoms with van der Waals surface area (Å²) in [5, 5.41) is 2.22. The Balaban J connectivity index is 2.71. The van der Waals surface area contributed by atoms with Gasteiger partial charge in [-0.25, -0.2) is 4.79 Å². The molecule has 1 atom stereocenters. The number of hydrogen-bond donors (Lipinski definition) is 1. The molecule has 5 heteroatoms. The Morgan fingerprint density at radius 3 is 2.65 bits per heavy atom. The Labute approximate surface area is 101 Å². The first-order chi connectivity index (χ1) is 8.11. The SMILES string of the molecule is C/C=C/CCN1C(=O)NC(=O)C(CCC)C1=O. The van der Waals surface area contributed by atoms with Crippen LogP contribution in [0.2, 0.25) is 0 Å². The largest absolute Gasteiger partial charge is 0.330 e. The van der Waals surface area contributed by atoms with E-state index in [0.29, 0.717) is 19.4 Å². The minimum atomic E-state index is -0.705. The highest BCUT2D eigenvalue weighted by Crippen LogP contribution is 2.16. The van der Waals surface area contributed by atoms with Gasteiger partial charge >= 0.3 is 6.03 Å². The minimum Gasteiger partial charge on any atom is -0.277 e. The summed E-state index contributed by atoms with van der Waals surface area (Å²) in [6, 6.07) is -0.600. The molecule has 0 aromatic carbocycles. The molecule has 1 fully saturated rings. The van der Waals surface area contributed by atoms with E-state index in [2.05, 4.69) is 5.32 Å². The van der Waals surface area contributed by atoms with Gasteiger partial charge in [-0.1, -0.05) is 25.5 Å². The molecule has 17 heavy (non-hydrogen) atoms. The maximum atomic E-state index is 12.0. The van der Waals surface area contributed by atoms with E-state index in [1.165, 1.54) is 0 Å². The molecule has 1 aliphatic rings. The van der Waals surface area contributed by atoms with E-state index < -0.39 is 17.9 Å². The molecule has 0 saturated carbocycles. The Morgan fingerprint density at radius 2 is 2.06 bits per heavy atom. The van der Waals surface area contributed by atoms with Crippen molar-refractivity contribution in [2.75, 3.05) is 6.54 Å². The lowest BCUT2D eigenvalue weighted by atomic mass is 9.99. The summed E-state index contributed by atoms with van der Waals surface area (Å²) in [5.74, 6) is -1.54. The molecular weight excluding hydrogens is 220 g/mol. The maximum Gasteiger partial charge on any atom is 0.330 e. The highest BCUT2D eigenvalue weighted by molar-refractivity contribution is 6.16. The molecule has 1 rings (SSSR count). The van der Waals surface area contributed by atoms with Gasteiger partial charge in [-0.3, -0.25) is 19.8 Å². The van der Waals surface area contributed by atoms with E-state index in [0.717, 1.165) is 11.3 Å². The van der Waals surface area contributed by atoms with Crippen molar-refractivity contribution in [2.45, 2.75) is 33.1 Å². The Hall–Kier alpha value is -1.65. The molecule has 0 aliphatic carbocycles. The number of hydrogen-bond acceptors (Lipinski definition) is 3. The van der Waals surface area contributed by atoms with Gasteiger partial charge in [-0.05, 0) is 19.8 Å². The number of barbiturate groups is 1. The summed E-state index contributed by atoms with van der Waals surface area (Å²) in [6.45, 7) is 4.10. The van der Waals surface area contributed by atoms with Crippen LogP contribution in [0, 0.1) is 5.92 Å². The smallest absolute Gasteiger partial charge is 0.277 e. The normalized spacial score (nSPS) is 21.2. The zero-order valence-electron chi connectivity index (χ0n) is 10.2. The topological polar surface area (TPSA) is 66.5 Å². The van der Waals surface area contributed by atoms with Crippen LogP contribution in [0.1, 0.15) is 33.1 Å². The molecule has 4 amide bonds. The van der Waals surface area contributed by atoms with Crippen molar-refractivity contribution in [1.29, 1.82) is 0 Å². The summed E-state index contributed by atoms with van der Waals surface area (Å²) < 4.78 is 0. The third kappa shape index (κ3) is 3.15. The number of allylic oxidation sites excluding steroid dienone is 1. The molecule has 5 nitrogen and oxygen atoms in total. The molecular formula is C12H18N2O3. The number of amides is 4. The molecule has 1 aliphatic heterocycles. The van der Waals surface area contributed by atoms with Crippen molar-refractivity contribution in [2.24, 2.45) is 5.92 Å². The van der Waals surface area contributed by atoms with Crippen LogP contribution >= 0.6 is 0 Å². The predicted octanol–water partition coefficient (Wildman–Crippen LogP) is 1.45. The predicted molar refractivity (Wildman–Crippen MR) is 63.1 cm³/mol. The van der Waals surface area contributed by atoms with Crippen molar-refractivity contribution < 1.29 is 14.4 Å². The highest BCUT2D eigenvalue weighted by Gasteiger charge is 2.39. The minimum absolute atomic E-state index is 0.322. The van der Waals surface area contributed by atoms with Gasteiger partial charge in [0.05, 0.1) is 0 Å². The fraction of sp³-hybridized carbons (Fsp3) is 0.583. The first-order valence-corrected chi connectivity index (χ1v) is 5.89. The second kappa shape index (κ2) is 6.18. The molecule has 0 bridgehead atoms. The third-order valence-electron chi connectivity index (χ3n) is 2.69. The van der Waals surface area contributed by atoms with Crippen LogP contribution in [-0.2, 0) is 9.59 Å². The monoisotopic (exact) mass is 238 g/mol. The van der Waals surface area contributed by atoms with Crippen molar-refractivity contribution in [3.63, 3.8) is 0 Å².